The molecule has 0 aliphatic carbocycles. The zero-order valence-electron chi connectivity index (χ0n) is 19.5. The molecule has 1 unspecified atom stereocenters. The van der Waals surface area contributed by atoms with Crippen molar-refractivity contribution in [2.24, 2.45) is 0 Å². The molecule has 1 fully saturated rings. The molecule has 7 nitrogen and oxygen atoms in total. The van der Waals surface area contributed by atoms with Crippen molar-refractivity contribution in [2.45, 2.75) is 13.0 Å². The molecule has 1 N–H and O–H groups in total. The molecular weight excluding hydrogens is 420 g/mol. The number of rotatable bonds is 9. The Labute approximate surface area is 194 Å². The number of likely N-dealkylation sites (N-methyl/N-ethyl adjacent to an activating group) is 1. The van der Waals surface area contributed by atoms with Gasteiger partial charge in [-0.2, -0.15) is 0 Å². The minimum Gasteiger partial charge on any atom is -0.507 e. The van der Waals surface area contributed by atoms with Crippen LogP contribution in [0.4, 0.5) is 0 Å². The van der Waals surface area contributed by atoms with E-state index in [2.05, 4.69) is 6.58 Å². The lowest BCUT2D eigenvalue weighted by atomic mass is 9.94. The first-order valence-corrected chi connectivity index (χ1v) is 10.7. The lowest BCUT2D eigenvalue weighted by Crippen LogP contribution is -2.35. The molecule has 2 aromatic rings. The predicted molar refractivity (Wildman–Crippen MR) is 127 cm³/mol. The van der Waals surface area contributed by atoms with Crippen molar-refractivity contribution >= 4 is 17.4 Å². The van der Waals surface area contributed by atoms with Crippen LogP contribution in [0.2, 0.25) is 0 Å². The monoisotopic (exact) mass is 450 g/mol. The van der Waals surface area contributed by atoms with Crippen molar-refractivity contribution in [1.82, 2.24) is 9.80 Å². The van der Waals surface area contributed by atoms with Gasteiger partial charge in [-0.1, -0.05) is 24.8 Å². The molecule has 1 aliphatic heterocycles. The average molecular weight is 451 g/mol. The van der Waals surface area contributed by atoms with Crippen molar-refractivity contribution < 1.29 is 24.2 Å². The van der Waals surface area contributed by atoms with E-state index in [1.165, 1.54) is 4.90 Å². The maximum atomic E-state index is 13.1. The van der Waals surface area contributed by atoms with Gasteiger partial charge in [-0.05, 0) is 62.5 Å². The van der Waals surface area contributed by atoms with Crippen molar-refractivity contribution in [3.8, 4) is 11.5 Å². The number of methoxy groups -OCH3 is 1. The molecule has 1 heterocycles. The van der Waals surface area contributed by atoms with E-state index >= 15 is 0 Å². The molecule has 1 saturated heterocycles. The van der Waals surface area contributed by atoms with Gasteiger partial charge < -0.3 is 24.4 Å². The van der Waals surface area contributed by atoms with Gasteiger partial charge in [0.1, 0.15) is 23.9 Å². The molecule has 174 valence electrons. The maximum absolute atomic E-state index is 13.1. The number of Topliss-reactive ketones (excluding diaryl/α,β-unsaturated/α-hetero) is 1. The van der Waals surface area contributed by atoms with Gasteiger partial charge in [0.2, 0.25) is 0 Å². The Bertz CT molecular complexity index is 1070. The van der Waals surface area contributed by atoms with Gasteiger partial charge in [0, 0.05) is 18.7 Å². The van der Waals surface area contributed by atoms with Crippen LogP contribution in [0.5, 0.6) is 11.5 Å². The summed E-state index contributed by atoms with van der Waals surface area (Å²) < 4.78 is 10.8. The van der Waals surface area contributed by atoms with Gasteiger partial charge in [-0.15, -0.1) is 0 Å². The highest BCUT2D eigenvalue weighted by atomic mass is 16.5. The van der Waals surface area contributed by atoms with E-state index in [0.29, 0.717) is 36.8 Å². The normalized spacial score (nSPS) is 17.5. The third-order valence-corrected chi connectivity index (χ3v) is 5.56. The smallest absolute Gasteiger partial charge is 0.295 e. The molecule has 1 aliphatic rings. The summed E-state index contributed by atoms with van der Waals surface area (Å²) in [5.74, 6) is -0.210. The third-order valence-electron chi connectivity index (χ3n) is 5.56. The van der Waals surface area contributed by atoms with Crippen molar-refractivity contribution in [3.05, 3.63) is 77.4 Å². The van der Waals surface area contributed by atoms with Crippen LogP contribution in [0, 0.1) is 6.92 Å². The van der Waals surface area contributed by atoms with Gasteiger partial charge in [-0.25, -0.2) is 0 Å². The largest absolute Gasteiger partial charge is 0.507 e. The Morgan fingerprint density at radius 2 is 1.88 bits per heavy atom. The minimum atomic E-state index is -0.701. The number of likely N-dealkylation sites (tertiary alicyclic amines) is 1. The van der Waals surface area contributed by atoms with Crippen LogP contribution in [0.3, 0.4) is 0 Å². The summed E-state index contributed by atoms with van der Waals surface area (Å²) in [6.45, 7) is 6.78. The summed E-state index contributed by atoms with van der Waals surface area (Å²) in [6.07, 6.45) is 1.65. The number of aryl methyl sites for hydroxylation is 1. The molecule has 0 radical (unpaired) electrons. The topological polar surface area (TPSA) is 79.3 Å². The fourth-order valence-electron chi connectivity index (χ4n) is 3.81. The Morgan fingerprint density at radius 3 is 2.45 bits per heavy atom. The first-order valence-electron chi connectivity index (χ1n) is 10.7. The summed E-state index contributed by atoms with van der Waals surface area (Å²) in [7, 11) is 5.37. The Hall–Kier alpha value is -3.58. The SMILES string of the molecule is C=CCOc1ccc(/C(O)=C2\C(=O)C(=O)N(CCN(C)C)C2c2ccc(OC)cc2)cc1C. The Morgan fingerprint density at radius 1 is 1.18 bits per heavy atom. The number of hydrogen-bond donors (Lipinski definition) is 1. The molecule has 0 bridgehead atoms. The molecule has 1 atom stereocenters. The van der Waals surface area contributed by atoms with Crippen LogP contribution in [-0.2, 0) is 9.59 Å². The molecule has 0 saturated carbocycles. The number of carbonyl (C=O) groups is 2. The zero-order chi connectivity index (χ0) is 24.1. The second-order valence-corrected chi connectivity index (χ2v) is 8.15. The van der Waals surface area contributed by atoms with Crippen molar-refractivity contribution in [3.63, 3.8) is 0 Å². The Balaban J connectivity index is 2.09. The number of carbonyl (C=O) groups excluding carboxylic acids is 2. The molecular formula is C26H30N2O5. The number of nitrogens with zero attached hydrogens (tertiary/aromatic N) is 2. The summed E-state index contributed by atoms with van der Waals surface area (Å²) in [6, 6.07) is 11.6. The van der Waals surface area contributed by atoms with E-state index in [1.54, 1.807) is 43.5 Å². The fourth-order valence-corrected chi connectivity index (χ4v) is 3.81. The molecule has 0 aromatic heterocycles. The quantitative estimate of drug-likeness (QED) is 0.272. The summed E-state index contributed by atoms with van der Waals surface area (Å²) in [5.41, 5.74) is 2.03. The first kappa shape index (κ1) is 24.1. The Kier molecular flexibility index (Phi) is 7.55. The fraction of sp³-hybridized carbons (Fsp3) is 0.308. The molecule has 0 spiro atoms. The predicted octanol–water partition coefficient (Wildman–Crippen LogP) is 3.55. The van der Waals surface area contributed by atoms with E-state index in [-0.39, 0.29) is 11.3 Å². The van der Waals surface area contributed by atoms with Crippen LogP contribution in [-0.4, -0.2) is 67.5 Å². The number of hydrogen-bond acceptors (Lipinski definition) is 6. The van der Waals surface area contributed by atoms with E-state index in [0.717, 1.165) is 11.1 Å². The number of amides is 1. The number of aliphatic hydroxyl groups excluding tert-OH is 1. The highest BCUT2D eigenvalue weighted by Crippen LogP contribution is 2.40. The van der Waals surface area contributed by atoms with Gasteiger partial charge in [0.25, 0.3) is 11.7 Å². The number of ether oxygens (including phenoxy) is 2. The van der Waals surface area contributed by atoms with Crippen molar-refractivity contribution in [1.29, 1.82) is 0 Å². The standard InChI is InChI=1S/C26H30N2O5/c1-6-15-33-21-12-9-19(16-17(21)2)24(29)22-23(18-7-10-20(32-5)11-8-18)28(14-13-27(3)4)26(31)25(22)30/h6-12,16,23,29H,1,13-15H2,2-5H3/b24-22+. The van der Waals surface area contributed by atoms with Crippen LogP contribution < -0.4 is 9.47 Å². The van der Waals surface area contributed by atoms with Gasteiger partial charge in [-0.3, -0.25) is 9.59 Å². The lowest BCUT2D eigenvalue weighted by molar-refractivity contribution is -0.140. The van der Waals surface area contributed by atoms with E-state index in [4.69, 9.17) is 9.47 Å². The minimum absolute atomic E-state index is 0.0723. The van der Waals surface area contributed by atoms with Gasteiger partial charge >= 0.3 is 0 Å². The summed E-state index contributed by atoms with van der Waals surface area (Å²) >= 11 is 0. The second kappa shape index (κ2) is 10.4. The number of benzene rings is 2. The van der Waals surface area contributed by atoms with Crippen molar-refractivity contribution in [2.75, 3.05) is 40.9 Å². The zero-order valence-corrected chi connectivity index (χ0v) is 19.5. The molecule has 33 heavy (non-hydrogen) atoms. The van der Waals surface area contributed by atoms with Crippen LogP contribution >= 0.6 is 0 Å². The first-order chi connectivity index (χ1) is 15.8. The molecule has 3 rings (SSSR count). The average Bonchev–Trinajstić information content (AvgIpc) is 3.06. The summed E-state index contributed by atoms with van der Waals surface area (Å²) in [4.78, 5) is 29.5. The molecule has 1 amide bonds. The van der Waals surface area contributed by atoms with E-state index < -0.39 is 17.7 Å². The second-order valence-electron chi connectivity index (χ2n) is 8.15. The number of aliphatic hydroxyl groups is 1. The van der Waals surface area contributed by atoms with E-state index in [9.17, 15) is 14.7 Å². The molecule has 2 aromatic carbocycles. The highest BCUT2D eigenvalue weighted by molar-refractivity contribution is 6.46. The number of ketones is 1. The van der Waals surface area contributed by atoms with Crippen LogP contribution in [0.15, 0.2) is 60.7 Å². The highest BCUT2D eigenvalue weighted by Gasteiger charge is 2.45. The van der Waals surface area contributed by atoms with Gasteiger partial charge in [0.05, 0.1) is 18.7 Å². The summed E-state index contributed by atoms with van der Waals surface area (Å²) in [5, 5.41) is 11.2. The van der Waals surface area contributed by atoms with Gasteiger partial charge in [0.15, 0.2) is 0 Å². The third kappa shape index (κ3) is 5.09. The van der Waals surface area contributed by atoms with Crippen LogP contribution in [0.25, 0.3) is 5.76 Å². The lowest BCUT2D eigenvalue weighted by Gasteiger charge is -2.26. The van der Waals surface area contributed by atoms with E-state index in [1.807, 2.05) is 38.1 Å². The maximum Gasteiger partial charge on any atom is 0.295 e. The molecule has 7 heteroatoms. The van der Waals surface area contributed by atoms with Crippen LogP contribution in [0.1, 0.15) is 22.7 Å².